The Morgan fingerprint density at radius 1 is 0.727 bits per heavy atom. The van der Waals surface area contributed by atoms with Crippen molar-refractivity contribution in [3.63, 3.8) is 0 Å². The molecule has 0 heterocycles. The first-order valence-corrected chi connectivity index (χ1v) is 18.7. The van der Waals surface area contributed by atoms with Gasteiger partial charge in [0.05, 0.1) is 17.2 Å². The van der Waals surface area contributed by atoms with Crippen LogP contribution in [0.25, 0.3) is 0 Å². The molecule has 0 saturated carbocycles. The molecule has 2 rings (SSSR count). The number of anilines is 1. The predicted octanol–water partition coefficient (Wildman–Crippen LogP) is 10.9. The Kier molecular flexibility index (Phi) is 20.1. The summed E-state index contributed by atoms with van der Waals surface area (Å²) in [7, 11) is -4.02. The van der Waals surface area contributed by atoms with Crippen LogP contribution in [0.2, 0.25) is 0 Å². The summed E-state index contributed by atoms with van der Waals surface area (Å²) in [4.78, 5) is -0.0666. The van der Waals surface area contributed by atoms with Gasteiger partial charge in [-0.05, 0) is 43.4 Å². The van der Waals surface area contributed by atoms with E-state index in [1.54, 1.807) is 12.1 Å². The molecule has 252 valence electrons. The molecule has 0 radical (unpaired) electrons. The van der Waals surface area contributed by atoms with Gasteiger partial charge in [0, 0.05) is 11.6 Å². The van der Waals surface area contributed by atoms with E-state index in [9.17, 15) is 13.5 Å². The molecule has 0 aliphatic carbocycles. The summed E-state index contributed by atoms with van der Waals surface area (Å²) in [6.45, 7) is 11.6. The van der Waals surface area contributed by atoms with Gasteiger partial charge < -0.3 is 15.6 Å². The highest BCUT2D eigenvalue weighted by Crippen LogP contribution is 2.40. The first-order chi connectivity index (χ1) is 20.9. The number of unbranched alkanes of at least 4 members (excludes halogenated alkanes) is 15. The number of hydrogen-bond acceptors (Lipinski definition) is 5. The highest BCUT2D eigenvalue weighted by molar-refractivity contribution is 7.85. The highest BCUT2D eigenvalue weighted by Gasteiger charge is 2.25. The smallest absolute Gasteiger partial charge is 0.294 e. The number of phenols is 1. The summed E-state index contributed by atoms with van der Waals surface area (Å²) < 4.78 is 35.7. The molecule has 0 fully saturated rings. The van der Waals surface area contributed by atoms with E-state index in [0.717, 1.165) is 36.3 Å². The summed E-state index contributed by atoms with van der Waals surface area (Å²) in [5, 5.41) is 10.2. The fourth-order valence-corrected chi connectivity index (χ4v) is 5.85. The zero-order valence-electron chi connectivity index (χ0n) is 28.5. The predicted molar refractivity (Wildman–Crippen MR) is 186 cm³/mol. The van der Waals surface area contributed by atoms with Gasteiger partial charge in [-0.1, -0.05) is 148 Å². The zero-order chi connectivity index (χ0) is 32.8. The Morgan fingerprint density at radius 3 is 1.66 bits per heavy atom. The summed E-state index contributed by atoms with van der Waals surface area (Å²) in [5.41, 5.74) is 8.38. The monoisotopic (exact) mass is 633 g/mol. The molecule has 0 unspecified atom stereocenters. The minimum atomic E-state index is -4.02. The van der Waals surface area contributed by atoms with Crippen LogP contribution >= 0.6 is 0 Å². The number of nitrogens with two attached hydrogens (primary N) is 1. The minimum Gasteiger partial charge on any atom is -0.506 e. The molecule has 0 aromatic heterocycles. The third-order valence-electron chi connectivity index (χ3n) is 8.34. The van der Waals surface area contributed by atoms with Gasteiger partial charge in [-0.15, -0.1) is 0 Å². The Hall–Kier alpha value is -2.25. The first kappa shape index (κ1) is 39.8. The SMILES string of the molecule is CCCCCCCCCCCCCCCCOc1cc(N)c(O)cc1C(C)(C)CCCCC.Cc1ccc(S(=O)(=O)O)cc1. The fraction of sp³-hybridized carbons (Fsp3) is 0.676. The van der Waals surface area contributed by atoms with Crippen LogP contribution < -0.4 is 10.5 Å². The van der Waals surface area contributed by atoms with E-state index in [1.165, 1.54) is 115 Å². The van der Waals surface area contributed by atoms with Crippen LogP contribution in [0.15, 0.2) is 41.3 Å². The first-order valence-electron chi connectivity index (χ1n) is 17.2. The third kappa shape index (κ3) is 17.3. The molecule has 0 amide bonds. The number of ether oxygens (including phenoxy) is 1. The van der Waals surface area contributed by atoms with Gasteiger partial charge in [-0.3, -0.25) is 4.55 Å². The number of nitrogen functional groups attached to an aromatic ring is 1. The van der Waals surface area contributed by atoms with Crippen molar-refractivity contribution in [2.24, 2.45) is 0 Å². The topological polar surface area (TPSA) is 110 Å². The van der Waals surface area contributed by atoms with Crippen molar-refractivity contribution in [3.05, 3.63) is 47.5 Å². The van der Waals surface area contributed by atoms with E-state index >= 15 is 0 Å². The highest BCUT2D eigenvalue weighted by atomic mass is 32.2. The van der Waals surface area contributed by atoms with Crippen LogP contribution in [0.5, 0.6) is 11.5 Å². The van der Waals surface area contributed by atoms with Crippen molar-refractivity contribution in [1.29, 1.82) is 0 Å². The average Bonchev–Trinajstić information content (AvgIpc) is 2.97. The lowest BCUT2D eigenvalue weighted by atomic mass is 9.79. The van der Waals surface area contributed by atoms with E-state index in [0.29, 0.717) is 5.69 Å². The van der Waals surface area contributed by atoms with Crippen molar-refractivity contribution < 1.29 is 22.8 Å². The van der Waals surface area contributed by atoms with Crippen LogP contribution in [0.1, 0.15) is 154 Å². The fourth-order valence-electron chi connectivity index (χ4n) is 5.37. The van der Waals surface area contributed by atoms with Gasteiger partial charge in [0.25, 0.3) is 10.1 Å². The summed E-state index contributed by atoms with van der Waals surface area (Å²) in [6.07, 6.45) is 23.8. The van der Waals surface area contributed by atoms with Crippen molar-refractivity contribution >= 4 is 15.8 Å². The van der Waals surface area contributed by atoms with Gasteiger partial charge >= 0.3 is 0 Å². The van der Waals surface area contributed by atoms with Crippen LogP contribution in [-0.2, 0) is 15.5 Å². The van der Waals surface area contributed by atoms with E-state index in [4.69, 9.17) is 15.0 Å². The number of aromatic hydroxyl groups is 1. The van der Waals surface area contributed by atoms with Crippen LogP contribution in [0.3, 0.4) is 0 Å². The molecule has 0 saturated heterocycles. The molecule has 7 heteroatoms. The van der Waals surface area contributed by atoms with Crippen molar-refractivity contribution in [2.45, 2.75) is 161 Å². The van der Waals surface area contributed by atoms with E-state index < -0.39 is 10.1 Å². The van der Waals surface area contributed by atoms with Crippen LogP contribution in [0, 0.1) is 6.92 Å². The maximum Gasteiger partial charge on any atom is 0.294 e. The van der Waals surface area contributed by atoms with Gasteiger partial charge in [0.2, 0.25) is 0 Å². The van der Waals surface area contributed by atoms with Crippen molar-refractivity contribution in [2.75, 3.05) is 12.3 Å². The quantitative estimate of drug-likeness (QED) is 0.0515. The maximum atomic E-state index is 10.5. The standard InChI is InChI=1S/C30H55NO2.C7H8O3S/c1-5-7-9-10-11-12-13-14-15-16-17-18-19-21-23-33-29-25-27(31)28(32)24-26(29)30(3,4)22-20-8-6-2;1-6-2-4-7(5-3-6)11(8,9)10/h24-25,32H,5-23,31H2,1-4H3;2-5H,1H3,(H,8,9,10). The molecule has 0 bridgehead atoms. The van der Waals surface area contributed by atoms with Crippen molar-refractivity contribution in [1.82, 2.24) is 0 Å². The van der Waals surface area contributed by atoms with Crippen LogP contribution in [0.4, 0.5) is 5.69 Å². The second kappa shape index (κ2) is 22.3. The molecule has 0 aliphatic rings. The number of aryl methyl sites for hydroxylation is 1. The molecule has 2 aromatic rings. The number of benzene rings is 2. The molecule has 6 nitrogen and oxygen atoms in total. The second-order valence-corrected chi connectivity index (χ2v) is 14.4. The lowest BCUT2D eigenvalue weighted by molar-refractivity contribution is 0.292. The Labute approximate surface area is 269 Å². The summed E-state index contributed by atoms with van der Waals surface area (Å²) in [6, 6.07) is 9.62. The summed E-state index contributed by atoms with van der Waals surface area (Å²) in [5.74, 6) is 1.01. The molecule has 2 aromatic carbocycles. The Bertz CT molecular complexity index is 1130. The molecule has 4 N–H and O–H groups in total. The average molecular weight is 634 g/mol. The lowest BCUT2D eigenvalue weighted by Crippen LogP contribution is -2.19. The molecular weight excluding hydrogens is 570 g/mol. The van der Waals surface area contributed by atoms with Gasteiger partial charge in [0.15, 0.2) is 0 Å². The van der Waals surface area contributed by atoms with Crippen molar-refractivity contribution in [3.8, 4) is 11.5 Å². The molecule has 0 aliphatic heterocycles. The number of phenolic OH excluding ortho intramolecular Hbond substituents is 1. The van der Waals surface area contributed by atoms with Gasteiger partial charge in [-0.25, -0.2) is 0 Å². The molecule has 0 spiro atoms. The summed E-state index contributed by atoms with van der Waals surface area (Å²) >= 11 is 0. The van der Waals surface area contributed by atoms with E-state index in [1.807, 2.05) is 19.1 Å². The largest absolute Gasteiger partial charge is 0.506 e. The lowest BCUT2D eigenvalue weighted by Gasteiger charge is -2.28. The van der Waals surface area contributed by atoms with Gasteiger partial charge in [0.1, 0.15) is 11.5 Å². The Balaban J connectivity index is 0.000000733. The van der Waals surface area contributed by atoms with E-state index in [-0.39, 0.29) is 16.1 Å². The molecule has 0 atom stereocenters. The van der Waals surface area contributed by atoms with E-state index in [2.05, 4.69) is 27.7 Å². The minimum absolute atomic E-state index is 0.0365. The Morgan fingerprint density at radius 2 is 1.18 bits per heavy atom. The molecule has 44 heavy (non-hydrogen) atoms. The number of hydrogen-bond donors (Lipinski definition) is 3. The second-order valence-electron chi connectivity index (χ2n) is 13.0. The van der Waals surface area contributed by atoms with Crippen LogP contribution in [-0.4, -0.2) is 24.7 Å². The number of rotatable bonds is 22. The van der Waals surface area contributed by atoms with Gasteiger partial charge in [-0.2, -0.15) is 8.42 Å². The third-order valence-corrected chi connectivity index (χ3v) is 9.21. The molecular formula is C37H63NO5S. The maximum absolute atomic E-state index is 10.5. The zero-order valence-corrected chi connectivity index (χ0v) is 29.3. The normalized spacial score (nSPS) is 11.7.